The van der Waals surface area contributed by atoms with Crippen molar-refractivity contribution in [2.75, 3.05) is 9.80 Å². The molecule has 0 aliphatic rings. The lowest BCUT2D eigenvalue weighted by atomic mass is 9.89. The first-order chi connectivity index (χ1) is 39.6. The zero-order valence-electron chi connectivity index (χ0n) is 44.3. The first kappa shape index (κ1) is 45.7. The zero-order valence-corrected chi connectivity index (χ0v) is 44.3. The minimum Gasteiger partial charge on any atom is -0.344 e. The first-order valence-corrected chi connectivity index (χ1v) is 27.6. The fourth-order valence-electron chi connectivity index (χ4n) is 13.6. The molecular formula is C76H52N4. The Morgan fingerprint density at radius 2 is 0.487 bits per heavy atom. The van der Waals surface area contributed by atoms with Crippen molar-refractivity contribution >= 4 is 132 Å². The molecule has 0 aliphatic carbocycles. The van der Waals surface area contributed by atoms with Crippen LogP contribution in [0.4, 0.5) is 34.1 Å². The summed E-state index contributed by atoms with van der Waals surface area (Å²) in [5.74, 6) is 0. The Kier molecular flexibility index (Phi) is 10.3. The van der Waals surface area contributed by atoms with E-state index in [0.717, 1.165) is 22.7 Å². The van der Waals surface area contributed by atoms with Crippen LogP contribution in [0.5, 0.6) is 0 Å². The summed E-state index contributed by atoms with van der Waals surface area (Å²) in [6.07, 6.45) is 0. The van der Waals surface area contributed by atoms with E-state index in [2.05, 4.69) is 312 Å². The zero-order chi connectivity index (χ0) is 53.0. The third-order valence-electron chi connectivity index (χ3n) is 17.0. The molecule has 0 aliphatic heterocycles. The SMILES string of the molecule is Cn1c2cc(-c3c4ccccc4c(N(c4ccccc4)c4ccccc4)c4ccccc34)ccc2c2c3ccc4c(c3ccc21)c1ccc(-c2c3ccccc3c(N(c3ccccc3)c3ccccc3)c3ccccc23)cc1n4C. The normalized spacial score (nSPS) is 11.9. The number of hydrogen-bond donors (Lipinski definition) is 0. The van der Waals surface area contributed by atoms with Crippen molar-refractivity contribution in [2.24, 2.45) is 14.1 Å². The number of hydrogen-bond acceptors (Lipinski definition) is 2. The van der Waals surface area contributed by atoms with Gasteiger partial charge in [-0.05, 0) is 127 Å². The molecule has 0 amide bonds. The molecule has 0 atom stereocenters. The average molecular weight is 1020 g/mol. The highest BCUT2D eigenvalue weighted by molar-refractivity contribution is 6.31. The van der Waals surface area contributed by atoms with Crippen molar-refractivity contribution < 1.29 is 0 Å². The predicted octanol–water partition coefficient (Wildman–Crippen LogP) is 21.0. The van der Waals surface area contributed by atoms with Crippen LogP contribution >= 0.6 is 0 Å². The fourth-order valence-corrected chi connectivity index (χ4v) is 13.6. The van der Waals surface area contributed by atoms with Crippen LogP contribution in [0.15, 0.2) is 279 Å². The molecule has 14 aromatic carbocycles. The van der Waals surface area contributed by atoms with Crippen LogP contribution in [0.1, 0.15) is 0 Å². The Morgan fingerprint density at radius 1 is 0.225 bits per heavy atom. The van der Waals surface area contributed by atoms with Gasteiger partial charge in [0, 0.05) is 102 Å². The summed E-state index contributed by atoms with van der Waals surface area (Å²) >= 11 is 0. The van der Waals surface area contributed by atoms with E-state index in [1.165, 1.54) is 131 Å². The second kappa shape index (κ2) is 18.1. The van der Waals surface area contributed by atoms with Crippen molar-refractivity contribution in [3.8, 4) is 22.3 Å². The third-order valence-corrected chi connectivity index (χ3v) is 17.0. The molecule has 0 unspecified atom stereocenters. The quantitative estimate of drug-likeness (QED) is 0.141. The smallest absolute Gasteiger partial charge is 0.0618 e. The molecule has 0 spiro atoms. The van der Waals surface area contributed by atoms with Gasteiger partial charge in [0.25, 0.3) is 0 Å². The van der Waals surface area contributed by atoms with Crippen molar-refractivity contribution in [2.45, 2.75) is 0 Å². The molecule has 0 radical (unpaired) electrons. The average Bonchev–Trinajstić information content (AvgIpc) is 4.17. The number of aryl methyl sites for hydroxylation is 2. The number of aromatic nitrogens is 2. The maximum Gasteiger partial charge on any atom is 0.0618 e. The number of para-hydroxylation sites is 4. The van der Waals surface area contributed by atoms with Gasteiger partial charge < -0.3 is 18.9 Å². The van der Waals surface area contributed by atoms with Crippen molar-refractivity contribution in [1.29, 1.82) is 0 Å². The van der Waals surface area contributed by atoms with Crippen LogP contribution < -0.4 is 9.80 Å². The van der Waals surface area contributed by atoms with Crippen molar-refractivity contribution in [3.05, 3.63) is 279 Å². The molecule has 0 saturated carbocycles. The Labute approximate surface area is 463 Å². The van der Waals surface area contributed by atoms with E-state index in [0.29, 0.717) is 0 Å². The lowest BCUT2D eigenvalue weighted by Crippen LogP contribution is -2.11. The molecule has 80 heavy (non-hydrogen) atoms. The number of fused-ring (bicyclic) bond motifs is 13. The summed E-state index contributed by atoms with van der Waals surface area (Å²) in [6, 6.07) is 103. The van der Waals surface area contributed by atoms with Gasteiger partial charge in [-0.2, -0.15) is 0 Å². The Morgan fingerprint density at radius 3 is 0.787 bits per heavy atom. The minimum atomic E-state index is 1.12. The van der Waals surface area contributed by atoms with Gasteiger partial charge in [-0.15, -0.1) is 0 Å². The van der Waals surface area contributed by atoms with E-state index in [4.69, 9.17) is 0 Å². The van der Waals surface area contributed by atoms with Crippen LogP contribution in [-0.4, -0.2) is 9.13 Å². The van der Waals surface area contributed by atoms with Crippen LogP contribution in [0.3, 0.4) is 0 Å². The molecule has 0 bridgehead atoms. The van der Waals surface area contributed by atoms with Gasteiger partial charge in [0.15, 0.2) is 0 Å². The summed E-state index contributed by atoms with van der Waals surface area (Å²) in [6.45, 7) is 0. The number of benzene rings is 14. The monoisotopic (exact) mass is 1020 g/mol. The number of anilines is 6. The van der Waals surface area contributed by atoms with Gasteiger partial charge in [0.2, 0.25) is 0 Å². The second-order valence-electron chi connectivity index (χ2n) is 21.2. The number of nitrogens with zero attached hydrogens (tertiary/aromatic N) is 4. The molecule has 4 heteroatoms. The molecule has 16 rings (SSSR count). The van der Waals surface area contributed by atoms with Gasteiger partial charge in [-0.25, -0.2) is 0 Å². The van der Waals surface area contributed by atoms with Gasteiger partial charge >= 0.3 is 0 Å². The Balaban J connectivity index is 0.864. The molecule has 376 valence electrons. The third kappa shape index (κ3) is 6.82. The van der Waals surface area contributed by atoms with E-state index >= 15 is 0 Å². The van der Waals surface area contributed by atoms with Crippen LogP contribution in [-0.2, 0) is 14.1 Å². The van der Waals surface area contributed by atoms with Crippen LogP contribution in [0.2, 0.25) is 0 Å². The maximum absolute atomic E-state index is 2.43. The molecule has 16 aromatic rings. The summed E-state index contributed by atoms with van der Waals surface area (Å²) in [4.78, 5) is 4.85. The molecule has 4 nitrogen and oxygen atoms in total. The van der Waals surface area contributed by atoms with Crippen molar-refractivity contribution in [1.82, 2.24) is 9.13 Å². The first-order valence-electron chi connectivity index (χ1n) is 27.6. The Bertz CT molecular complexity index is 4620. The van der Waals surface area contributed by atoms with Gasteiger partial charge in [-0.3, -0.25) is 0 Å². The molecule has 0 N–H and O–H groups in total. The maximum atomic E-state index is 2.43. The lowest BCUT2D eigenvalue weighted by Gasteiger charge is -2.29. The predicted molar refractivity (Wildman–Crippen MR) is 342 cm³/mol. The number of rotatable bonds is 8. The van der Waals surface area contributed by atoms with Gasteiger partial charge in [-0.1, -0.05) is 206 Å². The van der Waals surface area contributed by atoms with Gasteiger partial charge in [0.1, 0.15) is 0 Å². The largest absolute Gasteiger partial charge is 0.344 e. The molecular weight excluding hydrogens is 969 g/mol. The topological polar surface area (TPSA) is 16.3 Å². The summed E-state index contributed by atoms with van der Waals surface area (Å²) in [5, 5.41) is 17.3. The van der Waals surface area contributed by atoms with E-state index < -0.39 is 0 Å². The summed E-state index contributed by atoms with van der Waals surface area (Å²) < 4.78 is 4.80. The van der Waals surface area contributed by atoms with E-state index in [1.807, 2.05) is 0 Å². The molecule has 0 fully saturated rings. The van der Waals surface area contributed by atoms with Gasteiger partial charge in [0.05, 0.1) is 11.4 Å². The highest BCUT2D eigenvalue weighted by atomic mass is 15.2. The van der Waals surface area contributed by atoms with Crippen LogP contribution in [0.25, 0.3) is 120 Å². The summed E-state index contributed by atoms with van der Waals surface area (Å²) in [7, 11) is 4.46. The van der Waals surface area contributed by atoms with Crippen molar-refractivity contribution in [3.63, 3.8) is 0 Å². The molecule has 0 saturated heterocycles. The second-order valence-corrected chi connectivity index (χ2v) is 21.2. The Hall–Kier alpha value is -10.4. The lowest BCUT2D eigenvalue weighted by molar-refractivity contribution is 1.01. The van der Waals surface area contributed by atoms with E-state index in [1.54, 1.807) is 0 Å². The molecule has 2 aromatic heterocycles. The fraction of sp³-hybridized carbons (Fsp3) is 0.0263. The highest BCUT2D eigenvalue weighted by Crippen LogP contribution is 2.51. The van der Waals surface area contributed by atoms with E-state index in [-0.39, 0.29) is 0 Å². The minimum absolute atomic E-state index is 1.12. The van der Waals surface area contributed by atoms with Crippen LogP contribution in [0, 0.1) is 0 Å². The van der Waals surface area contributed by atoms with E-state index in [9.17, 15) is 0 Å². The molecule has 2 heterocycles. The highest BCUT2D eigenvalue weighted by Gasteiger charge is 2.26. The summed E-state index contributed by atoms with van der Waals surface area (Å²) in [5.41, 5.74) is 16.6. The standard InChI is InChI=1S/C76H52N4/c1-77-67-45-43-60-59(73(67)65-41-39-49(47-69(65)77)71-55-31-15-19-35-61(55)75(62-36-20-16-32-56(62)71)79(51-23-7-3-8-24-51)52-25-9-4-10-26-52)44-46-68-74(60)66-42-40-50(48-70(66)78(68)2)72-57-33-17-21-37-63(57)76(64-38-22-18-34-58(64)72)80(53-27-11-5-12-28-53)54-29-13-6-14-30-54/h3-48H,1-2H3.